The van der Waals surface area contributed by atoms with Crippen molar-refractivity contribution in [2.45, 2.75) is 12.8 Å². The lowest BCUT2D eigenvalue weighted by molar-refractivity contribution is -0.384. The van der Waals surface area contributed by atoms with Gasteiger partial charge in [-0.1, -0.05) is 35.5 Å². The zero-order chi connectivity index (χ0) is 19.2. The third-order valence-corrected chi connectivity index (χ3v) is 4.22. The van der Waals surface area contributed by atoms with Crippen LogP contribution in [-0.2, 0) is 6.42 Å². The third kappa shape index (κ3) is 4.58. The summed E-state index contributed by atoms with van der Waals surface area (Å²) in [6, 6.07) is 17.3. The highest BCUT2D eigenvalue weighted by Gasteiger charge is 2.14. The second-order valence-electron chi connectivity index (χ2n) is 6.18. The smallest absolute Gasteiger partial charge is 0.269 e. The summed E-state index contributed by atoms with van der Waals surface area (Å²) in [6.07, 6.45) is 1.39. The fourth-order valence-electron chi connectivity index (χ4n) is 2.71. The first-order valence-corrected chi connectivity index (χ1v) is 8.55. The first-order chi connectivity index (χ1) is 13.0. The van der Waals surface area contributed by atoms with Gasteiger partial charge in [0.25, 0.3) is 11.6 Å². The van der Waals surface area contributed by atoms with Crippen molar-refractivity contribution >= 4 is 11.6 Å². The van der Waals surface area contributed by atoms with Crippen molar-refractivity contribution in [3.8, 4) is 11.3 Å². The molecule has 0 saturated carbocycles. The number of aryl methyl sites for hydroxylation is 1. The molecule has 7 heteroatoms. The number of benzene rings is 2. The average Bonchev–Trinajstić information content (AvgIpc) is 3.17. The van der Waals surface area contributed by atoms with E-state index < -0.39 is 4.92 Å². The fraction of sp³-hybridized carbons (Fsp3) is 0.200. The van der Waals surface area contributed by atoms with Crippen LogP contribution in [0.1, 0.15) is 22.5 Å². The molecule has 0 fully saturated rings. The number of non-ortho nitro benzene ring substituents is 1. The molecule has 1 amide bonds. The van der Waals surface area contributed by atoms with Crippen LogP contribution in [0.25, 0.3) is 11.3 Å². The van der Waals surface area contributed by atoms with Crippen molar-refractivity contribution < 1.29 is 14.2 Å². The first-order valence-electron chi connectivity index (χ1n) is 8.55. The summed E-state index contributed by atoms with van der Waals surface area (Å²) in [6.45, 7) is 0.539. The summed E-state index contributed by atoms with van der Waals surface area (Å²) in [5, 5.41) is 14.8. The van der Waals surface area contributed by atoms with Gasteiger partial charge in [0.1, 0.15) is 11.5 Å². The largest absolute Gasteiger partial charge is 0.361 e. The van der Waals surface area contributed by atoms with E-state index in [4.69, 9.17) is 4.52 Å². The van der Waals surface area contributed by atoms with Crippen molar-refractivity contribution in [1.29, 1.82) is 0 Å². The lowest BCUT2D eigenvalue weighted by Crippen LogP contribution is -2.27. The van der Waals surface area contributed by atoms with E-state index in [0.717, 1.165) is 23.4 Å². The number of nitrogens with zero attached hydrogens (tertiary/aromatic N) is 3. The monoisotopic (exact) mass is 365 g/mol. The normalized spacial score (nSPS) is 10.6. The van der Waals surface area contributed by atoms with E-state index in [1.807, 2.05) is 36.4 Å². The molecule has 0 N–H and O–H groups in total. The predicted octanol–water partition coefficient (Wildman–Crippen LogP) is 3.95. The summed E-state index contributed by atoms with van der Waals surface area (Å²) in [5.74, 6) is 0.595. The molecule has 0 radical (unpaired) electrons. The van der Waals surface area contributed by atoms with Crippen molar-refractivity contribution in [3.63, 3.8) is 0 Å². The molecule has 0 atom stereocenters. The van der Waals surface area contributed by atoms with Gasteiger partial charge in [-0.2, -0.15) is 0 Å². The van der Waals surface area contributed by atoms with E-state index in [1.165, 1.54) is 24.3 Å². The molecule has 1 aromatic heterocycles. The molecule has 27 heavy (non-hydrogen) atoms. The Bertz CT molecular complexity index is 920. The molecule has 3 rings (SSSR count). The highest BCUT2D eigenvalue weighted by atomic mass is 16.6. The fourth-order valence-corrected chi connectivity index (χ4v) is 2.71. The average molecular weight is 365 g/mol. The minimum atomic E-state index is -0.487. The molecule has 3 aromatic rings. The van der Waals surface area contributed by atoms with Crippen LogP contribution in [0, 0.1) is 10.1 Å². The number of carbonyl (C=O) groups is 1. The molecular formula is C20H19N3O4. The molecule has 0 spiro atoms. The predicted molar refractivity (Wildman–Crippen MR) is 100 cm³/mol. The van der Waals surface area contributed by atoms with E-state index in [0.29, 0.717) is 18.5 Å². The van der Waals surface area contributed by atoms with E-state index >= 15 is 0 Å². The quantitative estimate of drug-likeness (QED) is 0.467. The van der Waals surface area contributed by atoms with Crippen LogP contribution in [0.15, 0.2) is 65.2 Å². The van der Waals surface area contributed by atoms with Crippen molar-refractivity contribution in [2.75, 3.05) is 13.6 Å². The van der Waals surface area contributed by atoms with E-state index in [2.05, 4.69) is 5.16 Å². The number of nitro benzene ring substituents is 1. The number of aromatic nitrogens is 1. The Hall–Kier alpha value is -3.48. The van der Waals surface area contributed by atoms with Gasteiger partial charge in [0.15, 0.2) is 0 Å². The number of carbonyl (C=O) groups excluding carboxylic acids is 1. The van der Waals surface area contributed by atoms with Crippen LogP contribution < -0.4 is 0 Å². The Morgan fingerprint density at radius 2 is 1.85 bits per heavy atom. The standard InChI is InChI=1S/C20H19N3O4/c1-22(20(24)16-9-11-17(12-10-16)23(25)26)13-5-8-18-14-19(21-27-18)15-6-3-2-4-7-15/h2-4,6-7,9-12,14H,5,8,13H2,1H3. The molecule has 2 aromatic carbocycles. The molecule has 0 aliphatic heterocycles. The number of rotatable bonds is 7. The van der Waals surface area contributed by atoms with Crippen LogP contribution >= 0.6 is 0 Å². The Labute approximate surface area is 156 Å². The third-order valence-electron chi connectivity index (χ3n) is 4.22. The number of nitro groups is 1. The number of hydrogen-bond donors (Lipinski definition) is 0. The van der Waals surface area contributed by atoms with Crippen LogP contribution in [0.4, 0.5) is 5.69 Å². The van der Waals surface area contributed by atoms with Crippen LogP contribution in [-0.4, -0.2) is 34.5 Å². The van der Waals surface area contributed by atoms with Gasteiger partial charge in [0, 0.05) is 49.3 Å². The van der Waals surface area contributed by atoms with Gasteiger partial charge in [0.2, 0.25) is 0 Å². The SMILES string of the molecule is CN(CCCc1cc(-c2ccccc2)no1)C(=O)c1ccc([N+](=O)[O-])cc1. The minimum absolute atomic E-state index is 0.0336. The van der Waals surface area contributed by atoms with Gasteiger partial charge in [0.05, 0.1) is 4.92 Å². The molecule has 0 unspecified atom stereocenters. The zero-order valence-electron chi connectivity index (χ0n) is 14.9. The summed E-state index contributed by atoms with van der Waals surface area (Å²) in [5.41, 5.74) is 2.18. The van der Waals surface area contributed by atoms with Gasteiger partial charge in [-0.25, -0.2) is 0 Å². The zero-order valence-corrected chi connectivity index (χ0v) is 14.9. The maximum absolute atomic E-state index is 12.4. The molecule has 0 aliphatic carbocycles. The van der Waals surface area contributed by atoms with Gasteiger partial charge >= 0.3 is 0 Å². The maximum atomic E-state index is 12.4. The molecule has 0 aliphatic rings. The maximum Gasteiger partial charge on any atom is 0.269 e. The van der Waals surface area contributed by atoms with Gasteiger partial charge in [-0.3, -0.25) is 14.9 Å². The lowest BCUT2D eigenvalue weighted by Gasteiger charge is -2.16. The number of hydrogen-bond acceptors (Lipinski definition) is 5. The Kier molecular flexibility index (Phi) is 5.61. The summed E-state index contributed by atoms with van der Waals surface area (Å²) >= 11 is 0. The first kappa shape index (κ1) is 18.3. The van der Waals surface area contributed by atoms with Gasteiger partial charge in [-0.15, -0.1) is 0 Å². The summed E-state index contributed by atoms with van der Waals surface area (Å²) in [7, 11) is 1.71. The van der Waals surface area contributed by atoms with Crippen LogP contribution in [0.5, 0.6) is 0 Å². The van der Waals surface area contributed by atoms with E-state index in [-0.39, 0.29) is 11.6 Å². The molecule has 0 bridgehead atoms. The molecule has 0 saturated heterocycles. The topological polar surface area (TPSA) is 89.5 Å². The molecule has 1 heterocycles. The highest BCUT2D eigenvalue weighted by molar-refractivity contribution is 5.94. The molecular weight excluding hydrogens is 346 g/mol. The summed E-state index contributed by atoms with van der Waals surface area (Å²) < 4.78 is 5.36. The van der Waals surface area contributed by atoms with E-state index in [1.54, 1.807) is 11.9 Å². The van der Waals surface area contributed by atoms with Crippen molar-refractivity contribution in [3.05, 3.63) is 82.1 Å². The Morgan fingerprint density at radius 1 is 1.15 bits per heavy atom. The Balaban J connectivity index is 1.52. The highest BCUT2D eigenvalue weighted by Crippen LogP contribution is 2.19. The van der Waals surface area contributed by atoms with E-state index in [9.17, 15) is 14.9 Å². The molecule has 138 valence electrons. The summed E-state index contributed by atoms with van der Waals surface area (Å²) in [4.78, 5) is 24.2. The Morgan fingerprint density at radius 3 is 2.52 bits per heavy atom. The van der Waals surface area contributed by atoms with Crippen molar-refractivity contribution in [1.82, 2.24) is 10.1 Å². The lowest BCUT2D eigenvalue weighted by atomic mass is 10.1. The van der Waals surface area contributed by atoms with Crippen LogP contribution in [0.3, 0.4) is 0 Å². The second-order valence-corrected chi connectivity index (χ2v) is 6.18. The van der Waals surface area contributed by atoms with Crippen molar-refractivity contribution in [2.24, 2.45) is 0 Å². The number of amides is 1. The van der Waals surface area contributed by atoms with Crippen LogP contribution in [0.2, 0.25) is 0 Å². The minimum Gasteiger partial charge on any atom is -0.361 e. The van der Waals surface area contributed by atoms with Gasteiger partial charge in [-0.05, 0) is 18.6 Å². The van der Waals surface area contributed by atoms with Gasteiger partial charge < -0.3 is 9.42 Å². The molecule has 7 nitrogen and oxygen atoms in total. The second kappa shape index (κ2) is 8.27.